The molecule has 2 N–H and O–H groups in total. The quantitative estimate of drug-likeness (QED) is 0.670. The van der Waals surface area contributed by atoms with Crippen molar-refractivity contribution in [1.82, 2.24) is 9.55 Å². The Morgan fingerprint density at radius 3 is 2.62 bits per heavy atom. The number of halogens is 1. The number of aromatic nitrogens is 2. The first kappa shape index (κ1) is 17.1. The maximum absolute atomic E-state index is 13.1. The Balaban J connectivity index is 2.01. The lowest BCUT2D eigenvalue weighted by Crippen LogP contribution is -2.46. The van der Waals surface area contributed by atoms with Crippen molar-refractivity contribution in [1.29, 1.82) is 0 Å². The first-order chi connectivity index (χ1) is 12.4. The second-order valence-electron chi connectivity index (χ2n) is 5.99. The highest BCUT2D eigenvalue weighted by molar-refractivity contribution is 8.00. The molecule has 4 rings (SSSR count). The molecule has 1 aliphatic heterocycles. The van der Waals surface area contributed by atoms with Crippen molar-refractivity contribution >= 4 is 40.2 Å². The van der Waals surface area contributed by atoms with E-state index in [1.807, 2.05) is 0 Å². The van der Waals surface area contributed by atoms with Crippen LogP contribution in [0.3, 0.4) is 0 Å². The maximum Gasteiger partial charge on any atom is 0.304 e. The molecule has 6 nitrogen and oxygen atoms in total. The van der Waals surface area contributed by atoms with Gasteiger partial charge in [-0.15, -0.1) is 0 Å². The number of aliphatic hydroxyl groups is 1. The number of aliphatic carboxylic acids is 1. The largest absolute Gasteiger partial charge is 0.481 e. The lowest BCUT2D eigenvalue weighted by Gasteiger charge is -2.30. The monoisotopic (exact) mass is 388 g/mol. The molecule has 2 unspecified atom stereocenters. The average molecular weight is 389 g/mol. The van der Waals surface area contributed by atoms with Crippen molar-refractivity contribution < 1.29 is 15.0 Å². The topological polar surface area (TPSA) is 92.4 Å². The van der Waals surface area contributed by atoms with Crippen LogP contribution in [0.25, 0.3) is 10.9 Å². The van der Waals surface area contributed by atoms with Gasteiger partial charge in [-0.1, -0.05) is 47.6 Å². The minimum Gasteiger partial charge on any atom is -0.481 e. The number of rotatable bonds is 3. The Morgan fingerprint density at radius 2 is 1.92 bits per heavy atom. The van der Waals surface area contributed by atoms with Gasteiger partial charge in [0.2, 0.25) is 0 Å². The van der Waals surface area contributed by atoms with Crippen LogP contribution < -0.4 is 5.56 Å². The molecule has 0 fully saturated rings. The molecular formula is C18H13ClN2O4S. The summed E-state index contributed by atoms with van der Waals surface area (Å²) in [5, 5.41) is 21.1. The Bertz CT molecular complexity index is 1080. The van der Waals surface area contributed by atoms with Gasteiger partial charge >= 0.3 is 5.97 Å². The van der Waals surface area contributed by atoms with Gasteiger partial charge in [0.1, 0.15) is 0 Å². The first-order valence-corrected chi connectivity index (χ1v) is 9.06. The molecule has 2 atom stereocenters. The average Bonchev–Trinajstić information content (AvgIpc) is 2.88. The Hall–Kier alpha value is -2.35. The van der Waals surface area contributed by atoms with Crippen molar-refractivity contribution in [3.05, 3.63) is 69.5 Å². The summed E-state index contributed by atoms with van der Waals surface area (Å²) in [5.41, 5.74) is -1.36. The Kier molecular flexibility index (Phi) is 4.02. The number of hydrogen-bond acceptors (Lipinski definition) is 5. The van der Waals surface area contributed by atoms with Crippen molar-refractivity contribution in [3.8, 4) is 0 Å². The van der Waals surface area contributed by atoms with E-state index in [2.05, 4.69) is 4.98 Å². The van der Waals surface area contributed by atoms with Crippen LogP contribution in [-0.4, -0.2) is 31.0 Å². The van der Waals surface area contributed by atoms with Crippen molar-refractivity contribution in [3.63, 3.8) is 0 Å². The van der Waals surface area contributed by atoms with E-state index >= 15 is 0 Å². The van der Waals surface area contributed by atoms with E-state index in [1.165, 1.54) is 4.57 Å². The van der Waals surface area contributed by atoms with Gasteiger partial charge in [0.25, 0.3) is 5.56 Å². The fourth-order valence-corrected chi connectivity index (χ4v) is 4.69. The summed E-state index contributed by atoms with van der Waals surface area (Å²) in [6.45, 7) is 0. The minimum absolute atomic E-state index is 0.289. The SMILES string of the molecule is O=C(O)CC1Sc2nc3ccccc3c(=O)n2C1(O)c1ccc(Cl)cc1. The highest BCUT2D eigenvalue weighted by Crippen LogP contribution is 2.46. The van der Waals surface area contributed by atoms with Crippen LogP contribution in [0.4, 0.5) is 0 Å². The third kappa shape index (κ3) is 2.51. The summed E-state index contributed by atoms with van der Waals surface area (Å²) in [4.78, 5) is 28.9. The summed E-state index contributed by atoms with van der Waals surface area (Å²) >= 11 is 7.02. The maximum atomic E-state index is 13.1. The number of carboxylic acid groups (broad SMARTS) is 1. The molecule has 2 aromatic carbocycles. The van der Waals surface area contributed by atoms with Gasteiger partial charge in [0.15, 0.2) is 10.9 Å². The zero-order valence-electron chi connectivity index (χ0n) is 13.3. The molecule has 0 radical (unpaired) electrons. The van der Waals surface area contributed by atoms with E-state index in [9.17, 15) is 19.8 Å². The van der Waals surface area contributed by atoms with Crippen molar-refractivity contribution in [2.24, 2.45) is 0 Å². The summed E-state index contributed by atoms with van der Waals surface area (Å²) in [6.07, 6.45) is -0.330. The third-order valence-electron chi connectivity index (χ3n) is 4.41. The number of hydrogen-bond donors (Lipinski definition) is 2. The summed E-state index contributed by atoms with van der Waals surface area (Å²) in [5.74, 6) is -1.07. The van der Waals surface area contributed by atoms with Crippen LogP contribution in [0.2, 0.25) is 5.02 Å². The molecular weight excluding hydrogens is 376 g/mol. The van der Waals surface area contributed by atoms with Crippen LogP contribution in [0.5, 0.6) is 0 Å². The predicted octanol–water partition coefficient (Wildman–Crippen LogP) is 2.69. The highest BCUT2D eigenvalue weighted by Gasteiger charge is 2.50. The molecule has 0 amide bonds. The number of carbonyl (C=O) groups is 1. The van der Waals surface area contributed by atoms with E-state index in [4.69, 9.17) is 11.6 Å². The standard InChI is InChI=1S/C18H13ClN2O4S/c19-11-7-5-10(6-8-11)18(25)14(9-15(22)23)26-17-20-13-4-2-1-3-12(13)16(24)21(17)18/h1-8,14,25H,9H2,(H,22,23). The molecule has 0 saturated carbocycles. The highest BCUT2D eigenvalue weighted by atomic mass is 35.5. The molecule has 0 saturated heterocycles. The molecule has 0 bridgehead atoms. The van der Waals surface area contributed by atoms with Crippen molar-refractivity contribution in [2.75, 3.05) is 0 Å². The van der Waals surface area contributed by atoms with Crippen LogP contribution in [0.15, 0.2) is 58.5 Å². The third-order valence-corrected chi connectivity index (χ3v) is 5.93. The Labute approximate surface area is 157 Å². The van der Waals surface area contributed by atoms with Gasteiger partial charge in [-0.2, -0.15) is 0 Å². The molecule has 26 heavy (non-hydrogen) atoms. The molecule has 1 aliphatic rings. The summed E-state index contributed by atoms with van der Waals surface area (Å²) in [7, 11) is 0. The summed E-state index contributed by atoms with van der Waals surface area (Å²) in [6, 6.07) is 13.2. The fourth-order valence-electron chi connectivity index (χ4n) is 3.20. The lowest BCUT2D eigenvalue weighted by atomic mass is 9.96. The second-order valence-corrected chi connectivity index (χ2v) is 7.60. The van der Waals surface area contributed by atoms with E-state index in [-0.39, 0.29) is 11.6 Å². The van der Waals surface area contributed by atoms with E-state index in [0.29, 0.717) is 21.5 Å². The molecule has 0 aliphatic carbocycles. The molecule has 3 aromatic rings. The number of carboxylic acids is 1. The van der Waals surface area contributed by atoms with Gasteiger partial charge in [-0.3, -0.25) is 14.2 Å². The van der Waals surface area contributed by atoms with E-state index in [1.54, 1.807) is 48.5 Å². The van der Waals surface area contributed by atoms with Crippen LogP contribution in [0, 0.1) is 0 Å². The van der Waals surface area contributed by atoms with Gasteiger partial charge in [-0.05, 0) is 24.3 Å². The van der Waals surface area contributed by atoms with E-state index < -0.39 is 22.5 Å². The minimum atomic E-state index is -1.84. The zero-order chi connectivity index (χ0) is 18.5. The Morgan fingerprint density at radius 1 is 1.23 bits per heavy atom. The van der Waals surface area contributed by atoms with Crippen LogP contribution in [-0.2, 0) is 10.5 Å². The molecule has 8 heteroatoms. The zero-order valence-corrected chi connectivity index (χ0v) is 14.9. The van der Waals surface area contributed by atoms with Gasteiger partial charge in [0, 0.05) is 10.6 Å². The van der Waals surface area contributed by atoms with Gasteiger partial charge in [-0.25, -0.2) is 4.98 Å². The van der Waals surface area contributed by atoms with Crippen LogP contribution >= 0.6 is 23.4 Å². The predicted molar refractivity (Wildman–Crippen MR) is 98.6 cm³/mol. The first-order valence-electron chi connectivity index (χ1n) is 7.80. The van der Waals surface area contributed by atoms with E-state index in [0.717, 1.165) is 11.8 Å². The normalized spacial score (nSPS) is 21.7. The van der Waals surface area contributed by atoms with Gasteiger partial charge in [0.05, 0.1) is 22.6 Å². The lowest BCUT2D eigenvalue weighted by molar-refractivity contribution is -0.138. The summed E-state index contributed by atoms with van der Waals surface area (Å²) < 4.78 is 1.19. The van der Waals surface area contributed by atoms with Crippen LogP contribution in [0.1, 0.15) is 12.0 Å². The number of benzene rings is 2. The van der Waals surface area contributed by atoms with Crippen molar-refractivity contribution in [2.45, 2.75) is 22.6 Å². The second kappa shape index (κ2) is 6.12. The number of para-hydroxylation sites is 1. The number of thioether (sulfide) groups is 1. The molecule has 0 spiro atoms. The van der Waals surface area contributed by atoms with Gasteiger partial charge < -0.3 is 10.2 Å². The molecule has 2 heterocycles. The molecule has 132 valence electrons. The molecule has 1 aromatic heterocycles. The number of nitrogens with zero attached hydrogens (tertiary/aromatic N) is 2. The smallest absolute Gasteiger partial charge is 0.304 e. The number of fused-ring (bicyclic) bond motifs is 2. The fraction of sp³-hybridized carbons (Fsp3) is 0.167.